The summed E-state index contributed by atoms with van der Waals surface area (Å²) < 4.78 is 7.59. The van der Waals surface area contributed by atoms with Crippen LogP contribution in [-0.4, -0.2) is 19.9 Å². The van der Waals surface area contributed by atoms with Crippen LogP contribution in [0.2, 0.25) is 0 Å². The van der Waals surface area contributed by atoms with Gasteiger partial charge in [0.25, 0.3) is 0 Å². The van der Waals surface area contributed by atoms with Gasteiger partial charge in [-0.1, -0.05) is 24.3 Å². The summed E-state index contributed by atoms with van der Waals surface area (Å²) in [5.41, 5.74) is 6.18. The van der Waals surface area contributed by atoms with Gasteiger partial charge in [0.05, 0.1) is 12.5 Å². The first-order valence-electron chi connectivity index (χ1n) is 9.09. The van der Waals surface area contributed by atoms with Gasteiger partial charge in [-0.15, -0.1) is 0 Å². The molecule has 3 aromatic heterocycles. The Hall–Kier alpha value is -3.08. The van der Waals surface area contributed by atoms with Crippen molar-refractivity contribution in [2.45, 2.75) is 40.2 Å². The zero-order chi connectivity index (χ0) is 19.2. The molecular formula is C22H24N4O. The van der Waals surface area contributed by atoms with Crippen LogP contribution >= 0.6 is 0 Å². The van der Waals surface area contributed by atoms with Crippen molar-refractivity contribution in [3.8, 4) is 22.4 Å². The lowest BCUT2D eigenvalue weighted by molar-refractivity contribution is 0.534. The van der Waals surface area contributed by atoms with Crippen LogP contribution in [0.3, 0.4) is 0 Å². The van der Waals surface area contributed by atoms with Gasteiger partial charge in [-0.3, -0.25) is 9.38 Å². The maximum absolute atomic E-state index is 5.55. The van der Waals surface area contributed by atoms with Crippen molar-refractivity contribution in [1.29, 1.82) is 0 Å². The Kier molecular flexibility index (Phi) is 4.02. The van der Waals surface area contributed by atoms with Gasteiger partial charge in [0.15, 0.2) is 5.65 Å². The molecule has 0 atom stereocenters. The van der Waals surface area contributed by atoms with E-state index in [9.17, 15) is 0 Å². The number of fused-ring (bicyclic) bond motifs is 1. The second kappa shape index (κ2) is 6.27. The zero-order valence-electron chi connectivity index (χ0n) is 16.4. The highest BCUT2D eigenvalue weighted by Crippen LogP contribution is 2.34. The van der Waals surface area contributed by atoms with E-state index >= 15 is 0 Å². The van der Waals surface area contributed by atoms with E-state index in [0.717, 1.165) is 45.2 Å². The fourth-order valence-corrected chi connectivity index (χ4v) is 3.38. The first-order chi connectivity index (χ1) is 12.8. The highest BCUT2D eigenvalue weighted by molar-refractivity contribution is 5.79. The highest BCUT2D eigenvalue weighted by Gasteiger charge is 2.19. The minimum atomic E-state index is -0.0844. The van der Waals surface area contributed by atoms with Crippen molar-refractivity contribution in [3.05, 3.63) is 60.4 Å². The van der Waals surface area contributed by atoms with Crippen LogP contribution in [0, 0.1) is 13.8 Å². The lowest BCUT2D eigenvalue weighted by Crippen LogP contribution is -2.27. The van der Waals surface area contributed by atoms with E-state index < -0.39 is 0 Å². The van der Waals surface area contributed by atoms with Crippen LogP contribution in [0.5, 0.6) is 0 Å². The molecule has 0 aliphatic carbocycles. The lowest BCUT2D eigenvalue weighted by atomic mass is 10.0. The van der Waals surface area contributed by atoms with Gasteiger partial charge >= 0.3 is 0 Å². The second-order valence-electron chi connectivity index (χ2n) is 7.92. The van der Waals surface area contributed by atoms with E-state index in [4.69, 9.17) is 9.40 Å². The molecule has 0 spiro atoms. The third kappa shape index (κ3) is 3.21. The number of anilines is 1. The monoisotopic (exact) mass is 360 g/mol. The van der Waals surface area contributed by atoms with Crippen molar-refractivity contribution < 1.29 is 4.42 Å². The number of rotatable bonds is 3. The molecule has 0 radical (unpaired) electrons. The SMILES string of the molecule is Cc1coc(C)c1-c1ccc(-c2nc3cnccn3c2NC(C)(C)C)cc1. The molecule has 5 nitrogen and oxygen atoms in total. The van der Waals surface area contributed by atoms with Crippen molar-refractivity contribution in [3.63, 3.8) is 0 Å². The summed E-state index contributed by atoms with van der Waals surface area (Å²) in [4.78, 5) is 9.02. The maximum atomic E-state index is 5.55. The van der Waals surface area contributed by atoms with Crippen molar-refractivity contribution in [1.82, 2.24) is 14.4 Å². The van der Waals surface area contributed by atoms with Gasteiger partial charge in [-0.2, -0.15) is 0 Å². The first kappa shape index (κ1) is 17.3. The number of benzene rings is 1. The molecule has 1 aromatic carbocycles. The molecular weight excluding hydrogens is 336 g/mol. The van der Waals surface area contributed by atoms with E-state index in [1.54, 1.807) is 18.7 Å². The molecule has 4 aromatic rings. The standard InChI is InChI=1S/C22H24N4O/c1-14-13-27-15(2)19(14)16-6-8-17(9-7-16)20-21(25-22(3,4)5)26-11-10-23-12-18(26)24-20/h6-13,25H,1-5H3. The molecule has 0 amide bonds. The molecule has 4 rings (SSSR count). The molecule has 27 heavy (non-hydrogen) atoms. The highest BCUT2D eigenvalue weighted by atomic mass is 16.3. The van der Waals surface area contributed by atoms with Crippen LogP contribution < -0.4 is 5.32 Å². The quantitative estimate of drug-likeness (QED) is 0.525. The molecule has 0 saturated heterocycles. The predicted octanol–water partition coefficient (Wildman–Crippen LogP) is 5.48. The van der Waals surface area contributed by atoms with Gasteiger partial charge in [0.2, 0.25) is 0 Å². The number of hydrogen-bond donors (Lipinski definition) is 1. The van der Waals surface area contributed by atoms with Gasteiger partial charge in [0.1, 0.15) is 17.3 Å². The number of nitrogens with zero attached hydrogens (tertiary/aromatic N) is 3. The third-order valence-electron chi connectivity index (χ3n) is 4.53. The summed E-state index contributed by atoms with van der Waals surface area (Å²) in [6.07, 6.45) is 7.30. The zero-order valence-corrected chi connectivity index (χ0v) is 16.4. The first-order valence-corrected chi connectivity index (χ1v) is 9.09. The minimum absolute atomic E-state index is 0.0844. The fourth-order valence-electron chi connectivity index (χ4n) is 3.38. The molecule has 0 bridgehead atoms. The van der Waals surface area contributed by atoms with Gasteiger partial charge in [-0.05, 0) is 45.7 Å². The third-order valence-corrected chi connectivity index (χ3v) is 4.53. The summed E-state index contributed by atoms with van der Waals surface area (Å²) >= 11 is 0. The van der Waals surface area contributed by atoms with Crippen molar-refractivity contribution in [2.24, 2.45) is 0 Å². The summed E-state index contributed by atoms with van der Waals surface area (Å²) in [6, 6.07) is 8.49. The van der Waals surface area contributed by atoms with E-state index in [-0.39, 0.29) is 5.54 Å². The second-order valence-corrected chi connectivity index (χ2v) is 7.92. The summed E-state index contributed by atoms with van der Waals surface area (Å²) in [5, 5.41) is 3.59. The number of nitrogens with one attached hydrogen (secondary N) is 1. The average Bonchev–Trinajstić information content (AvgIpc) is 3.14. The van der Waals surface area contributed by atoms with Crippen LogP contribution in [0.1, 0.15) is 32.1 Å². The fraction of sp³-hybridized carbons (Fsp3) is 0.273. The molecule has 0 fully saturated rings. The topological polar surface area (TPSA) is 55.4 Å². The van der Waals surface area contributed by atoms with Crippen LogP contribution in [0.15, 0.2) is 53.5 Å². The van der Waals surface area contributed by atoms with Crippen LogP contribution in [-0.2, 0) is 0 Å². The molecule has 3 heterocycles. The van der Waals surface area contributed by atoms with Crippen LogP contribution in [0.25, 0.3) is 28.0 Å². The number of aromatic nitrogens is 3. The molecule has 0 aliphatic heterocycles. The molecule has 0 unspecified atom stereocenters. The minimum Gasteiger partial charge on any atom is -0.469 e. The van der Waals surface area contributed by atoms with E-state index in [2.05, 4.69) is 62.3 Å². The Bertz CT molecular complexity index is 1080. The summed E-state index contributed by atoms with van der Waals surface area (Å²) in [7, 11) is 0. The smallest absolute Gasteiger partial charge is 0.157 e. The normalized spacial score (nSPS) is 11.9. The van der Waals surface area contributed by atoms with Gasteiger partial charge in [0, 0.05) is 29.1 Å². The number of aryl methyl sites for hydroxylation is 2. The Morgan fingerprint density at radius 2 is 1.74 bits per heavy atom. The Labute approximate surface area is 159 Å². The largest absolute Gasteiger partial charge is 0.469 e. The maximum Gasteiger partial charge on any atom is 0.157 e. The van der Waals surface area contributed by atoms with Crippen molar-refractivity contribution in [2.75, 3.05) is 5.32 Å². The van der Waals surface area contributed by atoms with Gasteiger partial charge < -0.3 is 9.73 Å². The van der Waals surface area contributed by atoms with E-state index in [1.807, 2.05) is 17.5 Å². The lowest BCUT2D eigenvalue weighted by Gasteiger charge is -2.22. The summed E-state index contributed by atoms with van der Waals surface area (Å²) in [6.45, 7) is 10.5. The Morgan fingerprint density at radius 3 is 2.37 bits per heavy atom. The van der Waals surface area contributed by atoms with Crippen LogP contribution in [0.4, 0.5) is 5.82 Å². The Balaban J connectivity index is 1.81. The molecule has 5 heteroatoms. The molecule has 0 saturated carbocycles. The van der Waals surface area contributed by atoms with Crippen molar-refractivity contribution >= 4 is 11.5 Å². The number of furan rings is 1. The molecule has 1 N–H and O–H groups in total. The molecule has 0 aliphatic rings. The number of hydrogen-bond acceptors (Lipinski definition) is 4. The van der Waals surface area contributed by atoms with E-state index in [0.29, 0.717) is 0 Å². The average molecular weight is 360 g/mol. The molecule has 138 valence electrons. The number of imidazole rings is 1. The van der Waals surface area contributed by atoms with E-state index in [1.165, 1.54) is 0 Å². The van der Waals surface area contributed by atoms with Gasteiger partial charge in [-0.25, -0.2) is 4.98 Å². The Morgan fingerprint density at radius 1 is 1.04 bits per heavy atom. The predicted molar refractivity (Wildman–Crippen MR) is 109 cm³/mol. The summed E-state index contributed by atoms with van der Waals surface area (Å²) in [5.74, 6) is 1.91.